The third kappa shape index (κ3) is 9.08. The summed E-state index contributed by atoms with van der Waals surface area (Å²) in [5, 5.41) is 6.67. The summed E-state index contributed by atoms with van der Waals surface area (Å²) in [6, 6.07) is 0. The monoisotopic (exact) mass is 341 g/mol. The average molecular weight is 342 g/mol. The highest BCUT2D eigenvalue weighted by Crippen LogP contribution is 2.00. The standard InChI is InChI=1S/C17H35N5O2/c1-4-18-17(19-8-6-7-15-24-5-2)20-9-10-21-11-13-22(14-12-21)16(3)23/h4-15H2,1-3H3,(H2,18,19,20). The fourth-order valence-electron chi connectivity index (χ4n) is 2.61. The first-order valence-electron chi connectivity index (χ1n) is 9.25. The van der Waals surface area contributed by atoms with Gasteiger partial charge in [-0.15, -0.1) is 0 Å². The van der Waals surface area contributed by atoms with Crippen LogP contribution >= 0.6 is 0 Å². The van der Waals surface area contributed by atoms with Crippen LogP contribution in [0.3, 0.4) is 0 Å². The zero-order chi connectivity index (χ0) is 17.6. The van der Waals surface area contributed by atoms with E-state index in [0.717, 1.165) is 84.4 Å². The number of amides is 1. The second-order valence-corrected chi connectivity index (χ2v) is 5.94. The lowest BCUT2D eigenvalue weighted by Gasteiger charge is -2.34. The van der Waals surface area contributed by atoms with Gasteiger partial charge in [-0.05, 0) is 26.7 Å². The highest BCUT2D eigenvalue weighted by molar-refractivity contribution is 5.79. The van der Waals surface area contributed by atoms with Crippen LogP contribution in [-0.2, 0) is 9.53 Å². The van der Waals surface area contributed by atoms with Crippen molar-refractivity contribution in [2.75, 3.05) is 65.6 Å². The van der Waals surface area contributed by atoms with Crippen LogP contribution in [0.15, 0.2) is 4.99 Å². The molecule has 1 rings (SSSR count). The molecule has 0 aromatic carbocycles. The third-order valence-corrected chi connectivity index (χ3v) is 4.05. The third-order valence-electron chi connectivity index (χ3n) is 4.05. The highest BCUT2D eigenvalue weighted by atomic mass is 16.5. The van der Waals surface area contributed by atoms with Gasteiger partial charge in [0.05, 0.1) is 0 Å². The number of unbranched alkanes of at least 4 members (excludes halogenated alkanes) is 1. The summed E-state index contributed by atoms with van der Waals surface area (Å²) < 4.78 is 5.33. The molecule has 2 N–H and O–H groups in total. The fraction of sp³-hybridized carbons (Fsp3) is 0.882. The summed E-state index contributed by atoms with van der Waals surface area (Å²) >= 11 is 0. The van der Waals surface area contributed by atoms with Crippen molar-refractivity contribution in [2.24, 2.45) is 4.99 Å². The molecule has 7 heteroatoms. The van der Waals surface area contributed by atoms with Gasteiger partial charge in [-0.2, -0.15) is 0 Å². The van der Waals surface area contributed by atoms with Crippen LogP contribution < -0.4 is 10.6 Å². The van der Waals surface area contributed by atoms with E-state index in [1.165, 1.54) is 0 Å². The van der Waals surface area contributed by atoms with E-state index in [4.69, 9.17) is 4.74 Å². The van der Waals surface area contributed by atoms with Gasteiger partial charge in [0.1, 0.15) is 0 Å². The predicted octanol–water partition coefficient (Wildman–Crippen LogP) is 0.522. The van der Waals surface area contributed by atoms with Crippen molar-refractivity contribution < 1.29 is 9.53 Å². The molecule has 1 aliphatic rings. The number of hydrogen-bond donors (Lipinski definition) is 2. The summed E-state index contributed by atoms with van der Waals surface area (Å²) in [6.07, 6.45) is 2.10. The number of nitrogens with one attached hydrogen (secondary N) is 2. The lowest BCUT2D eigenvalue weighted by Crippen LogP contribution is -2.50. The number of guanidine groups is 1. The number of carbonyl (C=O) groups excluding carboxylic acids is 1. The van der Waals surface area contributed by atoms with Crippen molar-refractivity contribution in [1.82, 2.24) is 20.4 Å². The second kappa shape index (κ2) is 13.0. The highest BCUT2D eigenvalue weighted by Gasteiger charge is 2.17. The largest absolute Gasteiger partial charge is 0.382 e. The maximum Gasteiger partial charge on any atom is 0.219 e. The Morgan fingerprint density at radius 3 is 2.50 bits per heavy atom. The van der Waals surface area contributed by atoms with E-state index in [2.05, 4.69) is 27.4 Å². The van der Waals surface area contributed by atoms with E-state index in [-0.39, 0.29) is 5.91 Å². The Labute approximate surface area is 146 Å². The van der Waals surface area contributed by atoms with Gasteiger partial charge in [-0.25, -0.2) is 0 Å². The van der Waals surface area contributed by atoms with Crippen LogP contribution in [0, 0.1) is 0 Å². The van der Waals surface area contributed by atoms with Crippen LogP contribution in [0.2, 0.25) is 0 Å². The minimum Gasteiger partial charge on any atom is -0.382 e. The lowest BCUT2D eigenvalue weighted by molar-refractivity contribution is -0.130. The Balaban J connectivity index is 2.17. The normalized spacial score (nSPS) is 16.3. The Kier molecular flexibility index (Phi) is 11.2. The molecule has 0 spiro atoms. The average Bonchev–Trinajstić information content (AvgIpc) is 2.58. The van der Waals surface area contributed by atoms with Gasteiger partial charge < -0.3 is 20.3 Å². The molecule has 0 saturated carbocycles. The van der Waals surface area contributed by atoms with Gasteiger partial charge in [-0.3, -0.25) is 14.7 Å². The lowest BCUT2D eigenvalue weighted by atomic mass is 10.3. The van der Waals surface area contributed by atoms with E-state index >= 15 is 0 Å². The van der Waals surface area contributed by atoms with Crippen molar-refractivity contribution in [1.29, 1.82) is 0 Å². The molecule has 0 atom stereocenters. The van der Waals surface area contributed by atoms with Crippen LogP contribution in [0.5, 0.6) is 0 Å². The Hall–Kier alpha value is -1.34. The van der Waals surface area contributed by atoms with Crippen molar-refractivity contribution >= 4 is 11.9 Å². The molecule has 140 valence electrons. The van der Waals surface area contributed by atoms with Gasteiger partial charge in [0, 0.05) is 72.5 Å². The van der Waals surface area contributed by atoms with E-state index < -0.39 is 0 Å². The molecule has 1 saturated heterocycles. The first-order chi connectivity index (χ1) is 11.7. The maximum absolute atomic E-state index is 11.3. The summed E-state index contributed by atoms with van der Waals surface area (Å²) in [7, 11) is 0. The van der Waals surface area contributed by atoms with Gasteiger partial charge in [-0.1, -0.05) is 0 Å². The molecular weight excluding hydrogens is 306 g/mol. The van der Waals surface area contributed by atoms with Gasteiger partial charge >= 0.3 is 0 Å². The summed E-state index contributed by atoms with van der Waals surface area (Å²) in [6.45, 7) is 14.4. The van der Waals surface area contributed by atoms with Crippen LogP contribution in [-0.4, -0.2) is 87.2 Å². The molecule has 1 amide bonds. The molecule has 0 radical (unpaired) electrons. The number of nitrogens with zero attached hydrogens (tertiary/aromatic N) is 3. The molecule has 7 nitrogen and oxygen atoms in total. The number of hydrogen-bond acceptors (Lipinski definition) is 4. The molecule has 0 bridgehead atoms. The molecule has 1 heterocycles. The molecule has 0 aromatic rings. The Bertz CT molecular complexity index is 368. The smallest absolute Gasteiger partial charge is 0.219 e. The van der Waals surface area contributed by atoms with E-state index in [1.807, 2.05) is 11.8 Å². The zero-order valence-electron chi connectivity index (χ0n) is 15.6. The van der Waals surface area contributed by atoms with E-state index in [1.54, 1.807) is 6.92 Å². The maximum atomic E-state index is 11.3. The number of ether oxygens (including phenoxy) is 1. The first-order valence-corrected chi connectivity index (χ1v) is 9.25. The Morgan fingerprint density at radius 2 is 1.88 bits per heavy atom. The predicted molar refractivity (Wildman–Crippen MR) is 98.4 cm³/mol. The summed E-state index contributed by atoms with van der Waals surface area (Å²) in [5.74, 6) is 1.06. The minimum atomic E-state index is 0.179. The number of carbonyl (C=O) groups is 1. The molecule has 1 aliphatic heterocycles. The molecule has 0 unspecified atom stereocenters. The van der Waals surface area contributed by atoms with E-state index in [0.29, 0.717) is 0 Å². The molecule has 24 heavy (non-hydrogen) atoms. The Morgan fingerprint density at radius 1 is 1.12 bits per heavy atom. The van der Waals surface area contributed by atoms with Crippen molar-refractivity contribution in [2.45, 2.75) is 33.6 Å². The van der Waals surface area contributed by atoms with Crippen LogP contribution in [0.25, 0.3) is 0 Å². The summed E-state index contributed by atoms with van der Waals surface area (Å²) in [5.41, 5.74) is 0. The van der Waals surface area contributed by atoms with Crippen LogP contribution in [0.1, 0.15) is 33.6 Å². The molecule has 0 aliphatic carbocycles. The van der Waals surface area contributed by atoms with Gasteiger partial charge in [0.25, 0.3) is 0 Å². The number of piperazine rings is 1. The minimum absolute atomic E-state index is 0.179. The molecule has 1 fully saturated rings. The topological polar surface area (TPSA) is 69.2 Å². The van der Waals surface area contributed by atoms with E-state index in [9.17, 15) is 4.79 Å². The molecule has 0 aromatic heterocycles. The quantitative estimate of drug-likeness (QED) is 0.344. The number of rotatable bonds is 10. The number of aliphatic imine (C=N–C) groups is 1. The zero-order valence-corrected chi connectivity index (χ0v) is 15.6. The SMILES string of the molecule is CCNC(=NCCCCOCC)NCCN1CCN(C(C)=O)CC1. The van der Waals surface area contributed by atoms with Crippen molar-refractivity contribution in [3.05, 3.63) is 0 Å². The summed E-state index contributed by atoms with van der Waals surface area (Å²) in [4.78, 5) is 20.2. The van der Waals surface area contributed by atoms with Gasteiger partial charge in [0.15, 0.2) is 5.96 Å². The fourth-order valence-corrected chi connectivity index (χ4v) is 2.61. The van der Waals surface area contributed by atoms with Crippen molar-refractivity contribution in [3.63, 3.8) is 0 Å². The van der Waals surface area contributed by atoms with Gasteiger partial charge in [0.2, 0.25) is 5.91 Å². The first kappa shape index (κ1) is 20.7. The second-order valence-electron chi connectivity index (χ2n) is 5.94. The van der Waals surface area contributed by atoms with Crippen molar-refractivity contribution in [3.8, 4) is 0 Å². The molecular formula is C17H35N5O2. The van der Waals surface area contributed by atoms with Crippen LogP contribution in [0.4, 0.5) is 0 Å².